The van der Waals surface area contributed by atoms with Crippen LogP contribution >= 0.6 is 15.9 Å². The van der Waals surface area contributed by atoms with Gasteiger partial charge in [-0.25, -0.2) is 0 Å². The number of rotatable bonds is 2. The minimum atomic E-state index is -4.40. The van der Waals surface area contributed by atoms with Crippen molar-refractivity contribution in [3.63, 3.8) is 0 Å². The summed E-state index contributed by atoms with van der Waals surface area (Å²) >= 11 is 3.04. The van der Waals surface area contributed by atoms with Gasteiger partial charge in [0, 0.05) is 11.5 Å². The van der Waals surface area contributed by atoms with Crippen LogP contribution in [-0.2, 0) is 6.18 Å². The van der Waals surface area contributed by atoms with Gasteiger partial charge in [-0.1, -0.05) is 15.9 Å². The Morgan fingerprint density at radius 2 is 2.20 bits per heavy atom. The van der Waals surface area contributed by atoms with E-state index in [1.807, 2.05) is 6.07 Å². The first-order valence-electron chi connectivity index (χ1n) is 3.97. The van der Waals surface area contributed by atoms with Crippen LogP contribution in [0.15, 0.2) is 18.3 Å². The van der Waals surface area contributed by atoms with E-state index in [0.29, 0.717) is 0 Å². The second-order valence-electron chi connectivity index (χ2n) is 2.80. The molecule has 1 atom stereocenters. The molecule has 1 aromatic heterocycles. The number of halogens is 4. The molecule has 1 aromatic rings. The van der Waals surface area contributed by atoms with Gasteiger partial charge in [-0.15, -0.1) is 0 Å². The Kier molecular flexibility index (Phi) is 3.69. The SMILES string of the molecule is N#CC(CBr)c1cc(C(F)(F)F)ccn1. The summed E-state index contributed by atoms with van der Waals surface area (Å²) in [4.78, 5) is 3.74. The second kappa shape index (κ2) is 4.62. The first-order chi connectivity index (χ1) is 6.99. The summed E-state index contributed by atoms with van der Waals surface area (Å²) in [5, 5.41) is 8.93. The molecule has 0 N–H and O–H groups in total. The zero-order chi connectivity index (χ0) is 11.5. The summed E-state index contributed by atoms with van der Waals surface area (Å²) in [6.45, 7) is 0. The average molecular weight is 279 g/mol. The van der Waals surface area contributed by atoms with Crippen molar-refractivity contribution in [3.8, 4) is 6.07 Å². The van der Waals surface area contributed by atoms with Crippen LogP contribution in [0.1, 0.15) is 17.2 Å². The first kappa shape index (κ1) is 12.0. The quantitative estimate of drug-likeness (QED) is 0.780. The summed E-state index contributed by atoms with van der Waals surface area (Å²) in [6, 6.07) is 3.65. The van der Waals surface area contributed by atoms with E-state index < -0.39 is 17.7 Å². The van der Waals surface area contributed by atoms with Gasteiger partial charge in [0.15, 0.2) is 0 Å². The standard InChI is InChI=1S/C9H6BrF3N2/c10-4-6(5-14)8-3-7(1-2-15-8)9(11,12)13/h1-3,6H,4H2. The van der Waals surface area contributed by atoms with Gasteiger partial charge in [-0.05, 0) is 12.1 Å². The minimum Gasteiger partial charge on any atom is -0.260 e. The van der Waals surface area contributed by atoms with Crippen molar-refractivity contribution in [2.45, 2.75) is 12.1 Å². The molecule has 1 unspecified atom stereocenters. The number of nitrogens with zero attached hydrogens (tertiary/aromatic N) is 2. The summed E-state index contributed by atoms with van der Waals surface area (Å²) < 4.78 is 37.0. The average Bonchev–Trinajstić information content (AvgIpc) is 2.19. The van der Waals surface area contributed by atoms with E-state index in [-0.39, 0.29) is 11.0 Å². The molecule has 15 heavy (non-hydrogen) atoms. The smallest absolute Gasteiger partial charge is 0.260 e. The number of hydrogen-bond acceptors (Lipinski definition) is 2. The zero-order valence-electron chi connectivity index (χ0n) is 7.42. The maximum Gasteiger partial charge on any atom is 0.416 e. The maximum atomic E-state index is 12.3. The van der Waals surface area contributed by atoms with Gasteiger partial charge >= 0.3 is 6.18 Å². The molecule has 1 rings (SSSR count). The number of nitriles is 1. The summed E-state index contributed by atoms with van der Waals surface area (Å²) in [5.41, 5.74) is -0.655. The van der Waals surface area contributed by atoms with E-state index >= 15 is 0 Å². The lowest BCUT2D eigenvalue weighted by Gasteiger charge is -2.09. The number of alkyl halides is 4. The lowest BCUT2D eigenvalue weighted by atomic mass is 10.1. The fraction of sp³-hybridized carbons (Fsp3) is 0.333. The number of aromatic nitrogens is 1. The van der Waals surface area contributed by atoms with Gasteiger partial charge in [0.05, 0.1) is 23.2 Å². The molecule has 0 fully saturated rings. The third-order valence-electron chi connectivity index (χ3n) is 1.78. The molecule has 0 aliphatic heterocycles. The van der Waals surface area contributed by atoms with E-state index in [9.17, 15) is 13.2 Å². The maximum absolute atomic E-state index is 12.3. The summed E-state index contributed by atoms with van der Waals surface area (Å²) in [5.74, 6) is -0.660. The summed E-state index contributed by atoms with van der Waals surface area (Å²) in [6.07, 6.45) is -3.34. The van der Waals surface area contributed by atoms with Gasteiger partial charge < -0.3 is 0 Å². The van der Waals surface area contributed by atoms with Gasteiger partial charge in [-0.2, -0.15) is 18.4 Å². The van der Waals surface area contributed by atoms with Crippen LogP contribution in [-0.4, -0.2) is 10.3 Å². The predicted octanol–water partition coefficient (Wildman–Crippen LogP) is 3.10. The van der Waals surface area contributed by atoms with Crippen molar-refractivity contribution in [1.82, 2.24) is 4.98 Å². The molecule has 0 aliphatic rings. The molecular weight excluding hydrogens is 273 g/mol. The Labute approximate surface area is 92.9 Å². The van der Waals surface area contributed by atoms with Gasteiger partial charge in [0.1, 0.15) is 0 Å². The monoisotopic (exact) mass is 278 g/mol. The minimum absolute atomic E-state index is 0.129. The van der Waals surface area contributed by atoms with Crippen molar-refractivity contribution in [2.75, 3.05) is 5.33 Å². The molecule has 0 saturated carbocycles. The van der Waals surface area contributed by atoms with Crippen LogP contribution in [0.25, 0.3) is 0 Å². The summed E-state index contributed by atoms with van der Waals surface area (Å²) in [7, 11) is 0. The Hall–Kier alpha value is -1.09. The Morgan fingerprint density at radius 3 is 2.67 bits per heavy atom. The lowest BCUT2D eigenvalue weighted by Crippen LogP contribution is -2.08. The highest BCUT2D eigenvalue weighted by atomic mass is 79.9. The predicted molar refractivity (Wildman–Crippen MR) is 51.4 cm³/mol. The Bertz CT molecular complexity index is 384. The molecule has 0 saturated heterocycles. The molecule has 0 aliphatic carbocycles. The third kappa shape index (κ3) is 2.93. The molecule has 0 amide bonds. The first-order valence-corrected chi connectivity index (χ1v) is 5.10. The highest BCUT2D eigenvalue weighted by Gasteiger charge is 2.31. The van der Waals surface area contributed by atoms with Crippen molar-refractivity contribution < 1.29 is 13.2 Å². The van der Waals surface area contributed by atoms with E-state index in [1.165, 1.54) is 0 Å². The molecule has 0 bridgehead atoms. The third-order valence-corrected chi connectivity index (χ3v) is 2.42. The fourth-order valence-electron chi connectivity index (χ4n) is 0.995. The molecule has 0 radical (unpaired) electrons. The molecular formula is C9H6BrF3N2. The van der Waals surface area contributed by atoms with Gasteiger partial charge in [0.25, 0.3) is 0 Å². The van der Waals surface area contributed by atoms with Crippen molar-refractivity contribution >= 4 is 15.9 Å². The largest absolute Gasteiger partial charge is 0.416 e. The molecule has 2 nitrogen and oxygen atoms in total. The Morgan fingerprint density at radius 1 is 1.53 bits per heavy atom. The molecule has 0 spiro atoms. The van der Waals surface area contributed by atoms with Gasteiger partial charge in [-0.3, -0.25) is 4.98 Å². The van der Waals surface area contributed by atoms with Crippen LogP contribution in [0, 0.1) is 11.3 Å². The zero-order valence-corrected chi connectivity index (χ0v) is 9.01. The molecule has 0 aromatic carbocycles. The molecule has 80 valence electrons. The van der Waals surface area contributed by atoms with E-state index in [4.69, 9.17) is 5.26 Å². The van der Waals surface area contributed by atoms with E-state index in [1.54, 1.807) is 0 Å². The van der Waals surface area contributed by atoms with Crippen LogP contribution in [0.4, 0.5) is 13.2 Å². The van der Waals surface area contributed by atoms with E-state index in [0.717, 1.165) is 18.3 Å². The lowest BCUT2D eigenvalue weighted by molar-refractivity contribution is -0.137. The number of hydrogen-bond donors (Lipinski definition) is 0. The van der Waals surface area contributed by atoms with Crippen LogP contribution in [0.2, 0.25) is 0 Å². The Balaban J connectivity index is 3.09. The van der Waals surface area contributed by atoms with Crippen LogP contribution in [0.5, 0.6) is 0 Å². The van der Waals surface area contributed by atoms with E-state index in [2.05, 4.69) is 20.9 Å². The van der Waals surface area contributed by atoms with Crippen molar-refractivity contribution in [3.05, 3.63) is 29.6 Å². The highest BCUT2D eigenvalue weighted by Crippen LogP contribution is 2.30. The number of pyridine rings is 1. The molecule has 6 heteroatoms. The fourth-order valence-corrected chi connectivity index (χ4v) is 1.47. The second-order valence-corrected chi connectivity index (χ2v) is 3.45. The van der Waals surface area contributed by atoms with Crippen LogP contribution < -0.4 is 0 Å². The van der Waals surface area contributed by atoms with Crippen molar-refractivity contribution in [1.29, 1.82) is 5.26 Å². The normalized spacial score (nSPS) is 13.3. The van der Waals surface area contributed by atoms with Crippen LogP contribution in [0.3, 0.4) is 0 Å². The molecule has 1 heterocycles. The van der Waals surface area contributed by atoms with Gasteiger partial charge in [0.2, 0.25) is 0 Å². The van der Waals surface area contributed by atoms with Crippen molar-refractivity contribution in [2.24, 2.45) is 0 Å². The topological polar surface area (TPSA) is 36.7 Å². The highest BCUT2D eigenvalue weighted by molar-refractivity contribution is 9.09.